The molecule has 3 rings (SSSR count). The molecule has 27 heavy (non-hydrogen) atoms. The van der Waals surface area contributed by atoms with E-state index in [1.54, 1.807) is 12.1 Å². The Hall–Kier alpha value is -2.34. The summed E-state index contributed by atoms with van der Waals surface area (Å²) in [4.78, 5) is -0.208. The van der Waals surface area contributed by atoms with E-state index in [0.717, 1.165) is 16.0 Å². The minimum Gasteiger partial charge on any atom is -0.504 e. The van der Waals surface area contributed by atoms with E-state index in [9.17, 15) is 13.5 Å². The van der Waals surface area contributed by atoms with Gasteiger partial charge in [-0.05, 0) is 12.1 Å². The van der Waals surface area contributed by atoms with Gasteiger partial charge >= 0.3 is 0 Å². The third-order valence-corrected chi connectivity index (χ3v) is 6.12. The van der Waals surface area contributed by atoms with Crippen molar-refractivity contribution in [2.75, 3.05) is 24.7 Å². The van der Waals surface area contributed by atoms with Gasteiger partial charge in [0.05, 0.1) is 29.0 Å². The van der Waals surface area contributed by atoms with E-state index < -0.39 is 15.8 Å². The molecule has 0 atom stereocenters. The van der Waals surface area contributed by atoms with Crippen molar-refractivity contribution in [3.8, 4) is 5.75 Å². The van der Waals surface area contributed by atoms with Gasteiger partial charge in [0.2, 0.25) is 10.0 Å². The average Bonchev–Trinajstić information content (AvgIpc) is 3.23. The number of furan rings is 1. The van der Waals surface area contributed by atoms with E-state index in [2.05, 4.69) is 19.4 Å². The highest BCUT2D eigenvalue weighted by atomic mass is 35.5. The molecule has 0 aliphatic heterocycles. The summed E-state index contributed by atoms with van der Waals surface area (Å²) < 4.78 is 39.2. The maximum atomic E-state index is 12.3. The molecule has 0 unspecified atom stereocenters. The number of benzene rings is 1. The smallest absolute Gasteiger partial charge is 0.246 e. The highest BCUT2D eigenvalue weighted by molar-refractivity contribution is 7.89. The largest absolute Gasteiger partial charge is 0.504 e. The van der Waals surface area contributed by atoms with Crippen LogP contribution in [-0.4, -0.2) is 40.7 Å². The SMILES string of the molecule is CN(C)S(=O)(=O)c1cccc(Nc2nsnc2NCc2cc(Cl)co2)c1O. The molecule has 0 amide bonds. The van der Waals surface area contributed by atoms with E-state index in [0.29, 0.717) is 29.0 Å². The third kappa shape index (κ3) is 4.16. The molecule has 12 heteroatoms. The molecule has 3 N–H and O–H groups in total. The van der Waals surface area contributed by atoms with E-state index >= 15 is 0 Å². The lowest BCUT2D eigenvalue weighted by Crippen LogP contribution is -2.22. The van der Waals surface area contributed by atoms with Crippen LogP contribution in [0.15, 0.2) is 39.8 Å². The number of anilines is 3. The Balaban J connectivity index is 1.82. The fraction of sp³-hybridized carbons (Fsp3) is 0.200. The molecule has 0 aliphatic rings. The zero-order chi connectivity index (χ0) is 19.6. The van der Waals surface area contributed by atoms with Crippen LogP contribution in [0.25, 0.3) is 0 Å². The first kappa shape index (κ1) is 19.4. The maximum Gasteiger partial charge on any atom is 0.246 e. The number of hydrogen-bond acceptors (Lipinski definition) is 9. The van der Waals surface area contributed by atoms with Crippen molar-refractivity contribution in [3.05, 3.63) is 41.3 Å². The molecule has 0 fully saturated rings. The molecule has 144 valence electrons. The third-order valence-electron chi connectivity index (χ3n) is 3.55. The van der Waals surface area contributed by atoms with E-state index in [-0.39, 0.29) is 10.6 Å². The Morgan fingerprint density at radius 1 is 1.30 bits per heavy atom. The number of sulfonamides is 1. The fourth-order valence-electron chi connectivity index (χ4n) is 2.16. The first-order valence-corrected chi connectivity index (χ1v) is 10.1. The summed E-state index contributed by atoms with van der Waals surface area (Å²) in [6.45, 7) is 0.327. The van der Waals surface area contributed by atoms with Gasteiger partial charge in [0.1, 0.15) is 16.9 Å². The number of aromatic nitrogens is 2. The molecule has 0 spiro atoms. The second kappa shape index (κ2) is 7.72. The topological polar surface area (TPSA) is 121 Å². The summed E-state index contributed by atoms with van der Waals surface area (Å²) >= 11 is 6.77. The van der Waals surface area contributed by atoms with E-state index in [4.69, 9.17) is 16.0 Å². The summed E-state index contributed by atoms with van der Waals surface area (Å²) in [5.74, 6) is 0.976. The minimum absolute atomic E-state index is 0.190. The van der Waals surface area contributed by atoms with Crippen LogP contribution in [0.1, 0.15) is 5.76 Å². The fourth-order valence-corrected chi connectivity index (χ4v) is 3.81. The second-order valence-electron chi connectivity index (χ2n) is 5.61. The molecule has 3 aromatic rings. The molecular weight excluding hydrogens is 414 g/mol. The van der Waals surface area contributed by atoms with Crippen molar-refractivity contribution >= 4 is 50.7 Å². The van der Waals surface area contributed by atoms with Gasteiger partial charge in [0.25, 0.3) is 0 Å². The van der Waals surface area contributed by atoms with Gasteiger partial charge < -0.3 is 20.2 Å². The monoisotopic (exact) mass is 429 g/mol. The molecule has 0 saturated heterocycles. The summed E-state index contributed by atoms with van der Waals surface area (Å²) in [6, 6.07) is 6.06. The van der Waals surface area contributed by atoms with Crippen LogP contribution < -0.4 is 10.6 Å². The van der Waals surface area contributed by atoms with Crippen LogP contribution in [0.4, 0.5) is 17.3 Å². The second-order valence-corrected chi connectivity index (χ2v) is 8.70. The van der Waals surface area contributed by atoms with Crippen LogP contribution in [0.5, 0.6) is 5.75 Å². The van der Waals surface area contributed by atoms with Crippen molar-refractivity contribution in [3.63, 3.8) is 0 Å². The first-order chi connectivity index (χ1) is 12.8. The Morgan fingerprint density at radius 2 is 2.04 bits per heavy atom. The van der Waals surface area contributed by atoms with Crippen LogP contribution >= 0.6 is 23.3 Å². The molecular formula is C15H16ClN5O4S2. The predicted octanol–water partition coefficient (Wildman–Crippen LogP) is 3.10. The summed E-state index contributed by atoms with van der Waals surface area (Å²) in [6.07, 6.45) is 1.42. The number of rotatable bonds is 7. The standard InChI is InChI=1S/C15H16ClN5O4S2/c1-21(2)27(23,24)12-5-3-4-11(13(12)22)18-15-14(19-26-20-15)17-7-10-6-9(16)8-25-10/h3-6,8,22H,7H2,1-2H3,(H,17,19)(H,18,20). The van der Waals surface area contributed by atoms with Crippen molar-refractivity contribution in [1.82, 2.24) is 13.1 Å². The zero-order valence-corrected chi connectivity index (χ0v) is 16.7. The summed E-state index contributed by atoms with van der Waals surface area (Å²) in [5, 5.41) is 16.8. The highest BCUT2D eigenvalue weighted by Crippen LogP contribution is 2.35. The minimum atomic E-state index is -3.79. The Bertz CT molecular complexity index is 1050. The molecule has 0 saturated carbocycles. The van der Waals surface area contributed by atoms with Gasteiger partial charge in [-0.3, -0.25) is 0 Å². The van der Waals surface area contributed by atoms with Gasteiger partial charge in [-0.2, -0.15) is 8.75 Å². The van der Waals surface area contributed by atoms with Crippen LogP contribution in [0, 0.1) is 0 Å². The number of aromatic hydroxyl groups is 1. The Morgan fingerprint density at radius 3 is 2.70 bits per heavy atom. The average molecular weight is 430 g/mol. The number of nitrogens with zero attached hydrogens (tertiary/aromatic N) is 3. The first-order valence-electron chi connectivity index (χ1n) is 7.60. The number of para-hydroxylation sites is 1. The van der Waals surface area contributed by atoms with Gasteiger partial charge in [0.15, 0.2) is 17.4 Å². The number of phenolic OH excluding ortho intramolecular Hbond substituents is 1. The molecule has 9 nitrogen and oxygen atoms in total. The van der Waals surface area contributed by atoms with Gasteiger partial charge in [-0.25, -0.2) is 12.7 Å². The number of halogens is 1. The van der Waals surface area contributed by atoms with Gasteiger partial charge in [-0.15, -0.1) is 0 Å². The predicted molar refractivity (Wildman–Crippen MR) is 103 cm³/mol. The van der Waals surface area contributed by atoms with Crippen molar-refractivity contribution in [2.45, 2.75) is 11.4 Å². The van der Waals surface area contributed by atoms with Crippen LogP contribution in [0.2, 0.25) is 5.02 Å². The lowest BCUT2D eigenvalue weighted by atomic mass is 10.3. The quantitative estimate of drug-likeness (QED) is 0.490. The molecule has 0 aliphatic carbocycles. The Labute approximate surface area is 165 Å². The van der Waals surface area contributed by atoms with E-state index in [1.165, 1.54) is 32.5 Å². The lowest BCUT2D eigenvalue weighted by molar-refractivity contribution is 0.454. The van der Waals surface area contributed by atoms with Gasteiger partial charge in [0, 0.05) is 20.2 Å². The number of hydrogen-bond donors (Lipinski definition) is 3. The molecule has 2 heterocycles. The summed E-state index contributed by atoms with van der Waals surface area (Å²) in [7, 11) is -1.01. The van der Waals surface area contributed by atoms with Gasteiger partial charge in [-0.1, -0.05) is 17.7 Å². The summed E-state index contributed by atoms with van der Waals surface area (Å²) in [5.41, 5.74) is 0.190. The molecule has 2 aromatic heterocycles. The van der Waals surface area contributed by atoms with Crippen molar-refractivity contribution in [2.24, 2.45) is 0 Å². The van der Waals surface area contributed by atoms with Crippen molar-refractivity contribution in [1.29, 1.82) is 0 Å². The highest BCUT2D eigenvalue weighted by Gasteiger charge is 2.23. The van der Waals surface area contributed by atoms with Crippen molar-refractivity contribution < 1.29 is 17.9 Å². The number of phenols is 1. The Kier molecular flexibility index (Phi) is 5.56. The molecule has 1 aromatic carbocycles. The normalized spacial score (nSPS) is 11.7. The van der Waals surface area contributed by atoms with Crippen LogP contribution in [-0.2, 0) is 16.6 Å². The van der Waals surface area contributed by atoms with Crippen LogP contribution in [0.3, 0.4) is 0 Å². The zero-order valence-electron chi connectivity index (χ0n) is 14.3. The lowest BCUT2D eigenvalue weighted by Gasteiger charge is -2.15. The molecule has 0 radical (unpaired) electrons. The number of nitrogens with one attached hydrogen (secondary N) is 2. The van der Waals surface area contributed by atoms with E-state index in [1.807, 2.05) is 0 Å². The maximum absolute atomic E-state index is 12.3. The molecule has 0 bridgehead atoms.